The molecule has 3 rings (SSSR count). The predicted molar refractivity (Wildman–Crippen MR) is 112 cm³/mol. The van der Waals surface area contributed by atoms with Crippen molar-refractivity contribution in [3.8, 4) is 11.5 Å². The van der Waals surface area contributed by atoms with Crippen LogP contribution >= 0.6 is 11.3 Å². The minimum absolute atomic E-state index is 0.182. The third kappa shape index (κ3) is 4.97. The molecule has 0 saturated carbocycles. The lowest BCUT2D eigenvalue weighted by molar-refractivity contribution is 0.220. The van der Waals surface area contributed by atoms with Gasteiger partial charge in [-0.1, -0.05) is 6.07 Å². The number of ether oxygens (including phenoxy) is 2. The second-order valence-electron chi connectivity index (χ2n) is 6.96. The summed E-state index contributed by atoms with van der Waals surface area (Å²) in [5.74, 6) is 1.46. The summed E-state index contributed by atoms with van der Waals surface area (Å²) in [6.07, 6.45) is 2.45. The Bertz CT molecular complexity index is 760. The first kappa shape index (κ1) is 20.5. The Hall–Kier alpha value is -2.25. The van der Waals surface area contributed by atoms with Crippen LogP contribution in [0.1, 0.15) is 42.3 Å². The molecular weight excluding hydrogens is 374 g/mol. The molecular formula is C21H29N3O3S. The average Bonchev–Trinajstić information content (AvgIpc) is 3.42. The highest BCUT2D eigenvalue weighted by molar-refractivity contribution is 7.10. The van der Waals surface area contributed by atoms with E-state index in [-0.39, 0.29) is 18.1 Å². The van der Waals surface area contributed by atoms with Gasteiger partial charge in [0.1, 0.15) is 11.5 Å². The van der Waals surface area contributed by atoms with Gasteiger partial charge in [-0.15, -0.1) is 11.3 Å². The van der Waals surface area contributed by atoms with E-state index >= 15 is 0 Å². The van der Waals surface area contributed by atoms with Gasteiger partial charge < -0.3 is 20.1 Å². The summed E-state index contributed by atoms with van der Waals surface area (Å²) >= 11 is 1.75. The number of amides is 2. The summed E-state index contributed by atoms with van der Waals surface area (Å²) in [5.41, 5.74) is 0.881. The highest BCUT2D eigenvalue weighted by Gasteiger charge is 2.25. The van der Waals surface area contributed by atoms with Crippen molar-refractivity contribution in [3.05, 3.63) is 46.2 Å². The van der Waals surface area contributed by atoms with E-state index in [2.05, 4.69) is 33.0 Å². The van der Waals surface area contributed by atoms with E-state index in [0.29, 0.717) is 6.54 Å². The summed E-state index contributed by atoms with van der Waals surface area (Å²) in [6, 6.07) is 9.64. The van der Waals surface area contributed by atoms with Crippen molar-refractivity contribution in [2.75, 3.05) is 33.9 Å². The molecule has 152 valence electrons. The molecule has 1 aliphatic rings. The van der Waals surface area contributed by atoms with Gasteiger partial charge >= 0.3 is 6.03 Å². The molecule has 1 saturated heterocycles. The molecule has 1 aromatic heterocycles. The first-order valence-electron chi connectivity index (χ1n) is 9.66. The van der Waals surface area contributed by atoms with E-state index in [1.54, 1.807) is 25.6 Å². The van der Waals surface area contributed by atoms with Crippen LogP contribution in [0.4, 0.5) is 4.79 Å². The largest absolute Gasteiger partial charge is 0.497 e. The molecule has 0 aliphatic carbocycles. The molecule has 2 aromatic rings. The zero-order valence-electron chi connectivity index (χ0n) is 16.7. The van der Waals surface area contributed by atoms with Gasteiger partial charge in [0.05, 0.1) is 26.3 Å². The average molecular weight is 404 g/mol. The maximum absolute atomic E-state index is 12.6. The summed E-state index contributed by atoms with van der Waals surface area (Å²) in [6.45, 7) is 4.70. The summed E-state index contributed by atoms with van der Waals surface area (Å²) in [4.78, 5) is 16.3. The zero-order valence-corrected chi connectivity index (χ0v) is 17.6. The number of methoxy groups -OCH3 is 2. The summed E-state index contributed by atoms with van der Waals surface area (Å²) in [7, 11) is 3.25. The Balaban J connectivity index is 1.61. The number of nitrogens with one attached hydrogen (secondary N) is 2. The van der Waals surface area contributed by atoms with Gasteiger partial charge in [-0.25, -0.2) is 4.79 Å². The Labute approximate surface area is 170 Å². The lowest BCUT2D eigenvalue weighted by atomic mass is 10.1. The minimum Gasteiger partial charge on any atom is -0.497 e. The van der Waals surface area contributed by atoms with E-state index in [1.807, 2.05) is 25.1 Å². The van der Waals surface area contributed by atoms with Crippen LogP contribution in [0.25, 0.3) is 0 Å². The molecule has 28 heavy (non-hydrogen) atoms. The third-order valence-corrected chi connectivity index (χ3v) is 6.13. The maximum Gasteiger partial charge on any atom is 0.315 e. The lowest BCUT2D eigenvalue weighted by Gasteiger charge is -2.27. The summed E-state index contributed by atoms with van der Waals surface area (Å²) < 4.78 is 10.7. The smallest absolute Gasteiger partial charge is 0.315 e. The number of carbonyl (C=O) groups is 1. The number of benzene rings is 1. The van der Waals surface area contributed by atoms with Crippen LogP contribution < -0.4 is 20.1 Å². The number of thiophene rings is 1. The van der Waals surface area contributed by atoms with E-state index in [0.717, 1.165) is 30.2 Å². The number of rotatable bonds is 8. The van der Waals surface area contributed by atoms with Gasteiger partial charge in [0, 0.05) is 17.0 Å². The predicted octanol–water partition coefficient (Wildman–Crippen LogP) is 3.96. The number of likely N-dealkylation sites (tertiary alicyclic amines) is 1. The van der Waals surface area contributed by atoms with Crippen molar-refractivity contribution < 1.29 is 14.3 Å². The molecule has 2 heterocycles. The van der Waals surface area contributed by atoms with Crippen LogP contribution in [0.5, 0.6) is 11.5 Å². The summed E-state index contributed by atoms with van der Waals surface area (Å²) in [5, 5.41) is 8.16. The molecule has 0 bridgehead atoms. The fraction of sp³-hybridized carbons (Fsp3) is 0.476. The quantitative estimate of drug-likeness (QED) is 0.700. The molecule has 2 amide bonds. The monoisotopic (exact) mass is 403 g/mol. The fourth-order valence-corrected chi connectivity index (χ4v) is 4.50. The molecule has 0 radical (unpaired) electrons. The fourth-order valence-electron chi connectivity index (χ4n) is 3.64. The second kappa shape index (κ2) is 9.80. The topological polar surface area (TPSA) is 62.8 Å². The third-order valence-electron chi connectivity index (χ3n) is 5.16. The Morgan fingerprint density at radius 3 is 2.64 bits per heavy atom. The van der Waals surface area contributed by atoms with Gasteiger partial charge in [0.15, 0.2) is 0 Å². The molecule has 2 atom stereocenters. The van der Waals surface area contributed by atoms with Gasteiger partial charge in [0.25, 0.3) is 0 Å². The van der Waals surface area contributed by atoms with Gasteiger partial charge in [-0.05, 0) is 62.5 Å². The van der Waals surface area contributed by atoms with Gasteiger partial charge in [-0.3, -0.25) is 4.90 Å². The number of carbonyl (C=O) groups excluding carboxylic acids is 1. The number of nitrogens with zero attached hydrogens (tertiary/aromatic N) is 1. The van der Waals surface area contributed by atoms with Crippen LogP contribution in [0.3, 0.4) is 0 Å². The maximum atomic E-state index is 12.6. The molecule has 0 spiro atoms. The molecule has 7 heteroatoms. The van der Waals surface area contributed by atoms with E-state index in [9.17, 15) is 4.79 Å². The molecule has 1 aromatic carbocycles. The van der Waals surface area contributed by atoms with Crippen LogP contribution in [0.2, 0.25) is 0 Å². The first-order valence-corrected chi connectivity index (χ1v) is 10.5. The van der Waals surface area contributed by atoms with Crippen molar-refractivity contribution >= 4 is 17.4 Å². The van der Waals surface area contributed by atoms with E-state index in [4.69, 9.17) is 9.47 Å². The van der Waals surface area contributed by atoms with Crippen molar-refractivity contribution in [3.63, 3.8) is 0 Å². The Morgan fingerprint density at radius 2 is 2.00 bits per heavy atom. The standard InChI is InChI=1S/C21H29N3O3S/c1-15(17-13-16(26-2)8-9-19(17)27-3)23-21(25)22-14-18(20-7-6-12-28-20)24-10-4-5-11-24/h6-9,12-13,15,18H,4-5,10-11,14H2,1-3H3,(H2,22,23,25). The normalized spacial score (nSPS) is 16.4. The molecule has 2 unspecified atom stereocenters. The Kier molecular flexibility index (Phi) is 7.17. The van der Waals surface area contributed by atoms with Crippen LogP contribution in [0.15, 0.2) is 35.7 Å². The molecule has 2 N–H and O–H groups in total. The molecule has 1 aliphatic heterocycles. The van der Waals surface area contributed by atoms with Gasteiger partial charge in [-0.2, -0.15) is 0 Å². The number of urea groups is 1. The van der Waals surface area contributed by atoms with Crippen LogP contribution in [0, 0.1) is 0 Å². The van der Waals surface area contributed by atoms with Crippen LogP contribution in [-0.2, 0) is 0 Å². The van der Waals surface area contributed by atoms with E-state index in [1.165, 1.54) is 17.7 Å². The van der Waals surface area contributed by atoms with Gasteiger partial charge in [0.2, 0.25) is 0 Å². The van der Waals surface area contributed by atoms with Crippen molar-refractivity contribution in [1.82, 2.24) is 15.5 Å². The number of hydrogen-bond donors (Lipinski definition) is 2. The molecule has 6 nitrogen and oxygen atoms in total. The lowest BCUT2D eigenvalue weighted by Crippen LogP contribution is -2.42. The van der Waals surface area contributed by atoms with Crippen LogP contribution in [-0.4, -0.2) is 44.8 Å². The SMILES string of the molecule is COc1ccc(OC)c(C(C)NC(=O)NCC(c2cccs2)N2CCCC2)c1. The highest BCUT2D eigenvalue weighted by Crippen LogP contribution is 2.30. The van der Waals surface area contributed by atoms with E-state index < -0.39 is 0 Å². The first-order chi connectivity index (χ1) is 13.6. The number of hydrogen-bond acceptors (Lipinski definition) is 5. The Morgan fingerprint density at radius 1 is 1.21 bits per heavy atom. The second-order valence-corrected chi connectivity index (χ2v) is 7.94. The highest BCUT2D eigenvalue weighted by atomic mass is 32.1. The minimum atomic E-state index is -0.211. The van der Waals surface area contributed by atoms with Crippen molar-refractivity contribution in [1.29, 1.82) is 0 Å². The van der Waals surface area contributed by atoms with Crippen molar-refractivity contribution in [2.45, 2.75) is 31.8 Å². The molecule has 1 fully saturated rings. The van der Waals surface area contributed by atoms with Crippen molar-refractivity contribution in [2.24, 2.45) is 0 Å². The zero-order chi connectivity index (χ0) is 19.9.